The normalized spacial score (nSPS) is 17.0. The molecule has 1 unspecified atom stereocenters. The average molecular weight is 263 g/mol. The number of hydrogen-bond donors (Lipinski definition) is 1. The van der Waals surface area contributed by atoms with Gasteiger partial charge in [-0.3, -0.25) is 14.9 Å². The summed E-state index contributed by atoms with van der Waals surface area (Å²) in [5.74, 6) is -0.186. The lowest BCUT2D eigenvalue weighted by atomic mass is 9.99. The highest BCUT2D eigenvalue weighted by molar-refractivity contribution is 5.83. The number of nitrogens with one attached hydrogen (secondary N) is 1. The molecule has 1 aliphatic heterocycles. The molecule has 2 rings (SSSR count). The van der Waals surface area contributed by atoms with E-state index >= 15 is 0 Å². The number of hydrogen-bond acceptors (Lipinski definition) is 4. The molecule has 1 aromatic carbocycles. The maximum atomic E-state index is 12.3. The van der Waals surface area contributed by atoms with E-state index in [0.717, 1.165) is 31.7 Å². The summed E-state index contributed by atoms with van der Waals surface area (Å²) < 4.78 is 0. The van der Waals surface area contributed by atoms with Gasteiger partial charge in [0.25, 0.3) is 5.69 Å². The molecule has 1 aromatic rings. The van der Waals surface area contributed by atoms with Crippen LogP contribution >= 0.6 is 0 Å². The molecule has 1 amide bonds. The number of amides is 1. The Morgan fingerprint density at radius 2 is 1.89 bits per heavy atom. The first-order valence-corrected chi connectivity index (χ1v) is 6.33. The zero-order valence-electron chi connectivity index (χ0n) is 10.8. The zero-order chi connectivity index (χ0) is 13.8. The van der Waals surface area contributed by atoms with Crippen molar-refractivity contribution >= 4 is 11.6 Å². The van der Waals surface area contributed by atoms with E-state index < -0.39 is 4.92 Å². The van der Waals surface area contributed by atoms with Gasteiger partial charge in [0.1, 0.15) is 0 Å². The Balaban J connectivity index is 2.07. The minimum Gasteiger partial charge on any atom is -0.340 e. The quantitative estimate of drug-likeness (QED) is 0.655. The van der Waals surface area contributed by atoms with E-state index in [4.69, 9.17) is 0 Å². The molecule has 0 bridgehead atoms. The van der Waals surface area contributed by atoms with Crippen molar-refractivity contribution in [1.82, 2.24) is 10.2 Å². The topological polar surface area (TPSA) is 75.5 Å². The van der Waals surface area contributed by atoms with E-state index in [1.807, 2.05) is 11.8 Å². The highest BCUT2D eigenvalue weighted by Crippen LogP contribution is 2.21. The molecule has 19 heavy (non-hydrogen) atoms. The van der Waals surface area contributed by atoms with Crippen LogP contribution < -0.4 is 5.32 Å². The van der Waals surface area contributed by atoms with Crippen molar-refractivity contribution in [1.29, 1.82) is 0 Å². The second kappa shape index (κ2) is 5.79. The summed E-state index contributed by atoms with van der Waals surface area (Å²) in [6.07, 6.45) is 0. The molecule has 0 aliphatic carbocycles. The highest BCUT2D eigenvalue weighted by atomic mass is 16.6. The van der Waals surface area contributed by atoms with Crippen molar-refractivity contribution in [3.05, 3.63) is 39.9 Å². The van der Waals surface area contributed by atoms with Gasteiger partial charge in [-0.05, 0) is 12.5 Å². The number of benzene rings is 1. The Bertz CT molecular complexity index is 467. The summed E-state index contributed by atoms with van der Waals surface area (Å²) in [7, 11) is 0. The Kier molecular flexibility index (Phi) is 4.11. The van der Waals surface area contributed by atoms with Crippen LogP contribution in [-0.2, 0) is 4.79 Å². The first kappa shape index (κ1) is 13.5. The molecule has 0 spiro atoms. The van der Waals surface area contributed by atoms with E-state index in [9.17, 15) is 14.9 Å². The van der Waals surface area contributed by atoms with Crippen LogP contribution in [0, 0.1) is 10.1 Å². The molecular formula is C13H17N3O3. The third-order valence-corrected chi connectivity index (χ3v) is 3.40. The lowest BCUT2D eigenvalue weighted by Crippen LogP contribution is -2.47. The summed E-state index contributed by atoms with van der Waals surface area (Å²) in [4.78, 5) is 24.3. The average Bonchev–Trinajstić information content (AvgIpc) is 2.46. The fourth-order valence-electron chi connectivity index (χ4n) is 2.19. The lowest BCUT2D eigenvalue weighted by molar-refractivity contribution is -0.384. The fourth-order valence-corrected chi connectivity index (χ4v) is 2.19. The predicted octanol–water partition coefficient (Wildman–Crippen LogP) is 1.13. The van der Waals surface area contributed by atoms with E-state index in [1.54, 1.807) is 12.1 Å². The van der Waals surface area contributed by atoms with Gasteiger partial charge in [0, 0.05) is 38.3 Å². The van der Waals surface area contributed by atoms with Gasteiger partial charge < -0.3 is 10.2 Å². The molecule has 102 valence electrons. The van der Waals surface area contributed by atoms with E-state index in [2.05, 4.69) is 5.32 Å². The minimum atomic E-state index is -0.438. The van der Waals surface area contributed by atoms with E-state index in [-0.39, 0.29) is 17.5 Å². The van der Waals surface area contributed by atoms with Crippen LogP contribution in [0.1, 0.15) is 18.4 Å². The molecule has 1 saturated heterocycles. The number of nitro groups is 1. The molecule has 1 N–H and O–H groups in total. The minimum absolute atomic E-state index is 0.0468. The maximum absolute atomic E-state index is 12.3. The molecule has 6 nitrogen and oxygen atoms in total. The highest BCUT2D eigenvalue weighted by Gasteiger charge is 2.23. The monoisotopic (exact) mass is 263 g/mol. The number of carbonyl (C=O) groups excluding carboxylic acids is 1. The third-order valence-electron chi connectivity index (χ3n) is 3.40. The Morgan fingerprint density at radius 1 is 1.32 bits per heavy atom. The second-order valence-corrected chi connectivity index (χ2v) is 4.65. The van der Waals surface area contributed by atoms with Crippen LogP contribution in [0.25, 0.3) is 0 Å². The van der Waals surface area contributed by atoms with Crippen molar-refractivity contribution in [2.45, 2.75) is 12.8 Å². The molecular weight excluding hydrogens is 246 g/mol. The Morgan fingerprint density at radius 3 is 2.42 bits per heavy atom. The van der Waals surface area contributed by atoms with E-state index in [0.29, 0.717) is 0 Å². The van der Waals surface area contributed by atoms with Crippen molar-refractivity contribution in [3.8, 4) is 0 Å². The fraction of sp³-hybridized carbons (Fsp3) is 0.462. The summed E-state index contributed by atoms with van der Waals surface area (Å²) in [6, 6.07) is 6.19. The van der Waals surface area contributed by atoms with Gasteiger partial charge >= 0.3 is 0 Å². The molecule has 1 atom stereocenters. The molecule has 0 radical (unpaired) electrons. The Labute approximate surface area is 111 Å². The first-order valence-electron chi connectivity index (χ1n) is 6.33. The summed E-state index contributed by atoms with van der Waals surface area (Å²) in [5, 5.41) is 13.8. The zero-order valence-corrected chi connectivity index (χ0v) is 10.8. The number of nitrogens with zero attached hydrogens (tertiary/aromatic N) is 2. The number of piperazine rings is 1. The Hall–Kier alpha value is -1.95. The smallest absolute Gasteiger partial charge is 0.269 e. The van der Waals surface area contributed by atoms with Gasteiger partial charge in [-0.2, -0.15) is 0 Å². The summed E-state index contributed by atoms with van der Waals surface area (Å²) in [5.41, 5.74) is 0.861. The van der Waals surface area contributed by atoms with Gasteiger partial charge in [0.15, 0.2) is 0 Å². The molecule has 0 aromatic heterocycles. The number of carbonyl (C=O) groups is 1. The molecule has 0 saturated carbocycles. The van der Waals surface area contributed by atoms with Gasteiger partial charge in [0.05, 0.1) is 10.8 Å². The van der Waals surface area contributed by atoms with Crippen LogP contribution in [0.4, 0.5) is 5.69 Å². The van der Waals surface area contributed by atoms with Crippen molar-refractivity contribution in [2.24, 2.45) is 0 Å². The first-order chi connectivity index (χ1) is 9.09. The number of non-ortho nitro benzene ring substituents is 1. The van der Waals surface area contributed by atoms with Crippen LogP contribution in [0.3, 0.4) is 0 Å². The van der Waals surface area contributed by atoms with Gasteiger partial charge in [-0.25, -0.2) is 0 Å². The van der Waals surface area contributed by atoms with Gasteiger partial charge in [-0.15, -0.1) is 0 Å². The maximum Gasteiger partial charge on any atom is 0.269 e. The van der Waals surface area contributed by atoms with Crippen LogP contribution in [0.5, 0.6) is 0 Å². The lowest BCUT2D eigenvalue weighted by Gasteiger charge is -2.29. The standard InChI is InChI=1S/C13H17N3O3/c1-10(13(17)15-8-6-14-7-9-15)11-2-4-12(5-3-11)16(18)19/h2-5,10,14H,6-9H2,1H3. The van der Waals surface area contributed by atoms with E-state index in [1.165, 1.54) is 12.1 Å². The van der Waals surface area contributed by atoms with Crippen molar-refractivity contribution in [3.63, 3.8) is 0 Å². The summed E-state index contributed by atoms with van der Waals surface area (Å²) in [6.45, 7) is 4.91. The number of rotatable bonds is 3. The number of nitro benzene ring substituents is 1. The van der Waals surface area contributed by atoms with Gasteiger partial charge in [-0.1, -0.05) is 12.1 Å². The molecule has 1 aliphatic rings. The molecule has 6 heteroatoms. The predicted molar refractivity (Wildman–Crippen MR) is 71.0 cm³/mol. The second-order valence-electron chi connectivity index (χ2n) is 4.65. The van der Waals surface area contributed by atoms with Crippen molar-refractivity contribution in [2.75, 3.05) is 26.2 Å². The SMILES string of the molecule is CC(C(=O)N1CCNCC1)c1ccc([N+](=O)[O-])cc1. The van der Waals surface area contributed by atoms with Crippen LogP contribution in [0.15, 0.2) is 24.3 Å². The largest absolute Gasteiger partial charge is 0.340 e. The van der Waals surface area contributed by atoms with Crippen LogP contribution in [-0.4, -0.2) is 41.9 Å². The van der Waals surface area contributed by atoms with Gasteiger partial charge in [0.2, 0.25) is 5.91 Å². The molecule has 1 heterocycles. The molecule has 1 fully saturated rings. The third kappa shape index (κ3) is 3.08. The summed E-state index contributed by atoms with van der Waals surface area (Å²) >= 11 is 0. The van der Waals surface area contributed by atoms with Crippen LogP contribution in [0.2, 0.25) is 0 Å². The van der Waals surface area contributed by atoms with Crippen molar-refractivity contribution < 1.29 is 9.72 Å².